The SMILES string of the molecule is Nc1nonc1/C([15NH2])=N/O. The maximum absolute atomic E-state index is 8.13. The van der Waals surface area contributed by atoms with Crippen molar-refractivity contribution in [2.24, 2.45) is 10.9 Å². The van der Waals surface area contributed by atoms with Crippen molar-refractivity contribution in [3.05, 3.63) is 5.69 Å². The highest BCUT2D eigenvalue weighted by Crippen LogP contribution is 2.01. The maximum Gasteiger partial charge on any atom is 0.199 e. The summed E-state index contributed by atoms with van der Waals surface area (Å²) < 4.78 is 4.17. The van der Waals surface area contributed by atoms with E-state index in [1.807, 2.05) is 0 Å². The average Bonchev–Trinajstić information content (AvgIpc) is 2.34. The molecule has 0 amide bonds. The number of hydrogen-bond acceptors (Lipinski definition) is 6. The smallest absolute Gasteiger partial charge is 0.199 e. The van der Waals surface area contributed by atoms with Crippen LogP contribution in [0.3, 0.4) is 0 Å². The quantitative estimate of drug-likeness (QED) is 0.149. The monoisotopic (exact) mass is 144 g/mol. The van der Waals surface area contributed by atoms with Gasteiger partial charge in [-0.15, -0.1) is 0 Å². The van der Waals surface area contributed by atoms with Crippen LogP contribution < -0.4 is 11.5 Å². The fourth-order valence-corrected chi connectivity index (χ4v) is 0.421. The van der Waals surface area contributed by atoms with Gasteiger partial charge < -0.3 is 16.7 Å². The molecular weight excluding hydrogens is 139 g/mol. The topological polar surface area (TPSA) is 124 Å². The van der Waals surface area contributed by atoms with E-state index in [0.717, 1.165) is 0 Å². The molecular formula is C3H5N5O2. The van der Waals surface area contributed by atoms with Gasteiger partial charge in [-0.25, -0.2) is 4.63 Å². The number of amidine groups is 1. The lowest BCUT2D eigenvalue weighted by molar-refractivity contribution is 0.305. The second kappa shape index (κ2) is 2.21. The van der Waals surface area contributed by atoms with E-state index in [-0.39, 0.29) is 17.3 Å². The van der Waals surface area contributed by atoms with Crippen molar-refractivity contribution in [3.8, 4) is 0 Å². The number of oxime groups is 1. The lowest BCUT2D eigenvalue weighted by Crippen LogP contribution is -2.15. The lowest BCUT2D eigenvalue weighted by Gasteiger charge is -1.87. The van der Waals surface area contributed by atoms with E-state index >= 15 is 0 Å². The molecule has 1 heterocycles. The third kappa shape index (κ3) is 0.835. The van der Waals surface area contributed by atoms with Gasteiger partial charge in [-0.05, 0) is 10.3 Å². The van der Waals surface area contributed by atoms with Gasteiger partial charge in [-0.2, -0.15) is 0 Å². The number of nitrogens with two attached hydrogens (primary N) is 2. The fraction of sp³-hybridized carbons (Fsp3) is 0. The summed E-state index contributed by atoms with van der Waals surface area (Å²) in [6, 6.07) is 0. The predicted octanol–water partition coefficient (Wildman–Crippen LogP) is -1.25. The Kier molecular flexibility index (Phi) is 1.40. The largest absolute Gasteiger partial charge is 0.409 e. The van der Waals surface area contributed by atoms with Crippen molar-refractivity contribution in [3.63, 3.8) is 0 Å². The summed E-state index contributed by atoms with van der Waals surface area (Å²) in [4.78, 5) is 0. The molecule has 1 aromatic rings. The standard InChI is InChI=1S/C3H5N5O2/c4-2(6-9)1-3(5)8-10-7-1/h9H,(H2,4,6)(H2,5,8)/i4+1. The summed E-state index contributed by atoms with van der Waals surface area (Å²) >= 11 is 0. The Bertz CT molecular complexity index is 253. The van der Waals surface area contributed by atoms with Crippen LogP contribution >= 0.6 is 0 Å². The van der Waals surface area contributed by atoms with E-state index in [1.54, 1.807) is 0 Å². The third-order valence-corrected chi connectivity index (χ3v) is 0.864. The molecule has 0 aliphatic heterocycles. The predicted molar refractivity (Wildman–Crippen MR) is 31.2 cm³/mol. The molecule has 1 aromatic heterocycles. The molecule has 7 nitrogen and oxygen atoms in total. The first-order valence-electron chi connectivity index (χ1n) is 2.31. The summed E-state index contributed by atoms with van der Waals surface area (Å²) in [6.07, 6.45) is 0. The first-order valence-corrected chi connectivity index (χ1v) is 2.31. The fourth-order valence-electron chi connectivity index (χ4n) is 0.421. The second-order valence-electron chi connectivity index (χ2n) is 1.48. The van der Waals surface area contributed by atoms with Crippen LogP contribution in [0.4, 0.5) is 5.82 Å². The summed E-state index contributed by atoms with van der Waals surface area (Å²) in [5.41, 5.74) is 10.3. The number of aromatic nitrogens is 2. The van der Waals surface area contributed by atoms with Gasteiger partial charge in [0, 0.05) is 0 Å². The minimum atomic E-state index is -0.223. The van der Waals surface area contributed by atoms with Crippen LogP contribution in [0.1, 0.15) is 5.69 Å². The summed E-state index contributed by atoms with van der Waals surface area (Å²) in [6.45, 7) is 0. The van der Waals surface area contributed by atoms with Gasteiger partial charge in [0.15, 0.2) is 17.3 Å². The highest BCUT2D eigenvalue weighted by atomic mass is 16.6. The number of nitrogen functional groups attached to an aromatic ring is 1. The Hall–Kier alpha value is -1.79. The van der Waals surface area contributed by atoms with Crippen LogP contribution in [0, 0.1) is 0 Å². The zero-order chi connectivity index (χ0) is 7.56. The second-order valence-corrected chi connectivity index (χ2v) is 1.48. The van der Waals surface area contributed by atoms with Gasteiger partial charge in [0.1, 0.15) is 0 Å². The molecule has 0 radical (unpaired) electrons. The first-order chi connectivity index (χ1) is 4.75. The highest BCUT2D eigenvalue weighted by molar-refractivity contribution is 5.98. The summed E-state index contributed by atoms with van der Waals surface area (Å²) in [5.74, 6) is -0.228. The molecule has 0 unspecified atom stereocenters. The molecule has 0 saturated carbocycles. The van der Waals surface area contributed by atoms with Crippen molar-refractivity contribution in [2.45, 2.75) is 0 Å². The Balaban J connectivity index is 3.05. The molecule has 0 atom stereocenters. The van der Waals surface area contributed by atoms with E-state index in [0.29, 0.717) is 0 Å². The van der Waals surface area contributed by atoms with Crippen LogP contribution in [0.25, 0.3) is 0 Å². The zero-order valence-electron chi connectivity index (χ0n) is 4.85. The molecule has 1 rings (SSSR count). The van der Waals surface area contributed by atoms with E-state index in [2.05, 4.69) is 20.1 Å². The molecule has 0 aromatic carbocycles. The Morgan fingerprint density at radius 3 is 2.70 bits per heavy atom. The maximum atomic E-state index is 8.13. The third-order valence-electron chi connectivity index (χ3n) is 0.864. The van der Waals surface area contributed by atoms with Crippen molar-refractivity contribution >= 4 is 11.7 Å². The molecule has 0 aliphatic carbocycles. The molecule has 0 saturated heterocycles. The van der Waals surface area contributed by atoms with E-state index < -0.39 is 0 Å². The highest BCUT2D eigenvalue weighted by Gasteiger charge is 2.09. The first kappa shape index (κ1) is 6.33. The molecule has 5 N–H and O–H groups in total. The molecule has 0 spiro atoms. The van der Waals surface area contributed by atoms with Gasteiger partial charge in [0.2, 0.25) is 0 Å². The summed E-state index contributed by atoms with van der Waals surface area (Å²) in [7, 11) is 0. The number of anilines is 1. The Labute approximate surface area is 55.3 Å². The molecule has 10 heavy (non-hydrogen) atoms. The van der Waals surface area contributed by atoms with E-state index in [4.69, 9.17) is 16.7 Å². The normalized spacial score (nSPS) is 11.8. The van der Waals surface area contributed by atoms with Crippen LogP contribution in [-0.2, 0) is 0 Å². The van der Waals surface area contributed by atoms with Crippen LogP contribution in [0.5, 0.6) is 0 Å². The molecule has 7 heteroatoms. The minimum absolute atomic E-state index is 0.00435. The van der Waals surface area contributed by atoms with Crippen LogP contribution in [0.2, 0.25) is 0 Å². The lowest BCUT2D eigenvalue weighted by atomic mass is 10.4. The molecule has 0 fully saturated rings. The van der Waals surface area contributed by atoms with Crippen molar-refractivity contribution in [1.29, 1.82) is 0 Å². The van der Waals surface area contributed by atoms with Crippen LogP contribution in [-0.4, -0.2) is 21.4 Å². The van der Waals surface area contributed by atoms with E-state index in [1.165, 1.54) is 0 Å². The van der Waals surface area contributed by atoms with E-state index in [9.17, 15) is 0 Å². The number of rotatable bonds is 1. The minimum Gasteiger partial charge on any atom is -0.409 e. The van der Waals surface area contributed by atoms with Gasteiger partial charge >= 0.3 is 0 Å². The summed E-state index contributed by atoms with van der Waals surface area (Å²) in [5, 5.41) is 17.2. The molecule has 0 aliphatic rings. The van der Waals surface area contributed by atoms with Gasteiger partial charge in [-0.1, -0.05) is 5.16 Å². The number of hydrogen-bond donors (Lipinski definition) is 3. The average molecular weight is 144 g/mol. The molecule has 54 valence electrons. The van der Waals surface area contributed by atoms with Crippen molar-refractivity contribution in [1.82, 2.24) is 10.3 Å². The van der Waals surface area contributed by atoms with Gasteiger partial charge in [-0.3, -0.25) is 0 Å². The van der Waals surface area contributed by atoms with Crippen molar-refractivity contribution < 1.29 is 9.84 Å². The van der Waals surface area contributed by atoms with Gasteiger partial charge in [0.05, 0.1) is 0 Å². The number of nitrogens with zero attached hydrogens (tertiary/aromatic N) is 3. The molecule has 0 bridgehead atoms. The Morgan fingerprint density at radius 2 is 2.30 bits per heavy atom. The Morgan fingerprint density at radius 1 is 1.60 bits per heavy atom. The van der Waals surface area contributed by atoms with Crippen molar-refractivity contribution in [2.75, 3.05) is 5.73 Å². The van der Waals surface area contributed by atoms with Crippen LogP contribution in [0.15, 0.2) is 9.78 Å². The zero-order valence-corrected chi connectivity index (χ0v) is 4.85. The van der Waals surface area contributed by atoms with Gasteiger partial charge in [0.25, 0.3) is 0 Å².